The number of halogens is 1. The Morgan fingerprint density at radius 2 is 2.00 bits per heavy atom. The van der Waals surface area contributed by atoms with E-state index in [4.69, 9.17) is 16.0 Å². The van der Waals surface area contributed by atoms with Gasteiger partial charge in [0.1, 0.15) is 0 Å². The van der Waals surface area contributed by atoms with Crippen molar-refractivity contribution >= 4 is 25.9 Å². The molecule has 3 unspecified atom stereocenters. The van der Waals surface area contributed by atoms with E-state index in [1.165, 1.54) is 0 Å². The molecule has 3 nitrogen and oxygen atoms in total. The first-order valence-corrected chi connectivity index (χ1v) is 12.4. The van der Waals surface area contributed by atoms with Gasteiger partial charge in [0.2, 0.25) is 0 Å². The van der Waals surface area contributed by atoms with Crippen LogP contribution in [0.2, 0.25) is 18.1 Å². The van der Waals surface area contributed by atoms with Crippen molar-refractivity contribution in [2.45, 2.75) is 90.5 Å². The summed E-state index contributed by atoms with van der Waals surface area (Å²) in [5, 5.41) is 10.1. The quantitative estimate of drug-likeness (QED) is 0.468. The van der Waals surface area contributed by atoms with Crippen molar-refractivity contribution in [3.63, 3.8) is 0 Å². The van der Waals surface area contributed by atoms with Gasteiger partial charge in [0.25, 0.3) is 0 Å². The third kappa shape index (κ3) is 4.73. The highest BCUT2D eigenvalue weighted by atomic mass is 35.5. The van der Waals surface area contributed by atoms with Crippen LogP contribution in [0, 0.1) is 11.3 Å². The fraction of sp³-hybridized carbons (Fsp3) is 0.944. The molecule has 1 rings (SSSR count). The second-order valence-corrected chi connectivity index (χ2v) is 13.8. The number of rotatable bonds is 7. The fourth-order valence-electron chi connectivity index (χ4n) is 3.64. The summed E-state index contributed by atoms with van der Waals surface area (Å²) in [6.45, 7) is 13.4. The largest absolute Gasteiger partial charge is 0.481 e. The van der Waals surface area contributed by atoms with E-state index in [2.05, 4.69) is 40.8 Å². The van der Waals surface area contributed by atoms with Gasteiger partial charge in [-0.1, -0.05) is 34.1 Å². The maximum Gasteiger partial charge on any atom is 0.309 e. The summed E-state index contributed by atoms with van der Waals surface area (Å²) in [5.41, 5.74) is -0.600. The lowest BCUT2D eigenvalue weighted by atomic mass is 9.62. The van der Waals surface area contributed by atoms with Crippen molar-refractivity contribution in [1.82, 2.24) is 0 Å². The maximum atomic E-state index is 12.0. The zero-order valence-electron chi connectivity index (χ0n) is 15.7. The number of hydrogen-bond donors (Lipinski definition) is 1. The third-order valence-corrected chi connectivity index (χ3v) is 11.0. The summed E-state index contributed by atoms with van der Waals surface area (Å²) in [6, 6.07) is 0. The molecule has 0 saturated heterocycles. The van der Waals surface area contributed by atoms with Crippen LogP contribution in [-0.2, 0) is 9.22 Å². The number of alkyl halides is 1. The molecule has 0 aromatic rings. The van der Waals surface area contributed by atoms with Crippen LogP contribution in [0.15, 0.2) is 0 Å². The van der Waals surface area contributed by atoms with Gasteiger partial charge in [-0.05, 0) is 56.2 Å². The Labute approximate surface area is 148 Å². The van der Waals surface area contributed by atoms with Crippen molar-refractivity contribution in [3.8, 4) is 0 Å². The average Bonchev–Trinajstić information content (AvgIpc) is 2.44. The van der Waals surface area contributed by atoms with E-state index in [-0.39, 0.29) is 17.1 Å². The van der Waals surface area contributed by atoms with Crippen LogP contribution in [0.25, 0.3) is 0 Å². The second kappa shape index (κ2) is 7.88. The molecule has 3 atom stereocenters. The molecule has 0 aliphatic heterocycles. The zero-order chi connectivity index (χ0) is 17.9. The highest BCUT2D eigenvalue weighted by Gasteiger charge is 2.49. The number of aliphatic carboxylic acids is 1. The molecule has 0 aromatic carbocycles. The SMILES string of the molecule is CCC1CC(O[Si](C)(C)C(C)(C)C)CCC1(CCCCl)C(=O)O. The average molecular weight is 363 g/mol. The summed E-state index contributed by atoms with van der Waals surface area (Å²) in [4.78, 5) is 12.0. The molecule has 1 aliphatic rings. The van der Waals surface area contributed by atoms with Crippen molar-refractivity contribution in [2.75, 3.05) is 5.88 Å². The maximum absolute atomic E-state index is 12.0. The molecule has 0 radical (unpaired) electrons. The number of carboxylic acid groups (broad SMARTS) is 1. The summed E-state index contributed by atoms with van der Waals surface area (Å²) >= 11 is 5.83. The minimum atomic E-state index is -1.80. The normalized spacial score (nSPS) is 29.5. The lowest BCUT2D eigenvalue weighted by molar-refractivity contribution is -0.158. The lowest BCUT2D eigenvalue weighted by Gasteiger charge is -2.47. The zero-order valence-corrected chi connectivity index (χ0v) is 17.5. The molecule has 136 valence electrons. The van der Waals surface area contributed by atoms with Gasteiger partial charge < -0.3 is 9.53 Å². The van der Waals surface area contributed by atoms with E-state index in [9.17, 15) is 9.90 Å². The molecule has 1 N–H and O–H groups in total. The van der Waals surface area contributed by atoms with Crippen LogP contribution in [0.1, 0.15) is 66.2 Å². The standard InChI is InChI=1S/C18H35ClO3Si/c1-7-14-13-15(22-23(5,6)17(2,3)4)9-11-18(14,16(20)21)10-8-12-19/h14-15H,7-13H2,1-6H3,(H,20,21). The molecule has 0 aromatic heterocycles. The molecule has 1 aliphatic carbocycles. The minimum absolute atomic E-state index is 0.187. The Kier molecular flexibility index (Phi) is 7.19. The summed E-state index contributed by atoms with van der Waals surface area (Å²) in [6.07, 6.45) is 5.03. The van der Waals surface area contributed by atoms with Crippen LogP contribution in [0.4, 0.5) is 0 Å². The van der Waals surface area contributed by atoms with Crippen molar-refractivity contribution < 1.29 is 14.3 Å². The van der Waals surface area contributed by atoms with Gasteiger partial charge in [0, 0.05) is 12.0 Å². The first-order valence-electron chi connectivity index (χ1n) is 8.97. The van der Waals surface area contributed by atoms with Gasteiger partial charge in [-0.2, -0.15) is 0 Å². The monoisotopic (exact) mass is 362 g/mol. The fourth-order valence-corrected chi connectivity index (χ4v) is 5.18. The van der Waals surface area contributed by atoms with E-state index < -0.39 is 19.7 Å². The summed E-state index contributed by atoms with van der Waals surface area (Å²) < 4.78 is 6.57. The highest BCUT2D eigenvalue weighted by Crippen LogP contribution is 2.49. The van der Waals surface area contributed by atoms with Gasteiger partial charge >= 0.3 is 5.97 Å². The van der Waals surface area contributed by atoms with Crippen LogP contribution < -0.4 is 0 Å². The molecule has 23 heavy (non-hydrogen) atoms. The van der Waals surface area contributed by atoms with Gasteiger partial charge in [-0.15, -0.1) is 11.6 Å². The van der Waals surface area contributed by atoms with Crippen molar-refractivity contribution in [3.05, 3.63) is 0 Å². The molecule has 0 amide bonds. The number of hydrogen-bond acceptors (Lipinski definition) is 2. The summed E-state index contributed by atoms with van der Waals surface area (Å²) in [5.74, 6) is 0.0852. The molecule has 0 spiro atoms. The summed E-state index contributed by atoms with van der Waals surface area (Å²) in [7, 11) is -1.80. The Balaban J connectivity index is 2.88. The Morgan fingerprint density at radius 1 is 1.39 bits per heavy atom. The van der Waals surface area contributed by atoms with Crippen molar-refractivity contribution in [2.24, 2.45) is 11.3 Å². The van der Waals surface area contributed by atoms with Crippen LogP contribution in [0.3, 0.4) is 0 Å². The topological polar surface area (TPSA) is 46.5 Å². The van der Waals surface area contributed by atoms with E-state index in [1.54, 1.807) is 0 Å². The molecule has 5 heteroatoms. The van der Waals surface area contributed by atoms with Gasteiger partial charge in [-0.25, -0.2) is 0 Å². The highest BCUT2D eigenvalue weighted by molar-refractivity contribution is 6.74. The third-order valence-electron chi connectivity index (χ3n) is 6.18. The van der Waals surface area contributed by atoms with Crippen molar-refractivity contribution in [1.29, 1.82) is 0 Å². The molecule has 1 saturated carbocycles. The molecule has 0 heterocycles. The second-order valence-electron chi connectivity index (χ2n) is 8.63. The predicted molar refractivity (Wildman–Crippen MR) is 99.7 cm³/mol. The lowest BCUT2D eigenvalue weighted by Crippen LogP contribution is -2.49. The predicted octanol–water partition coefficient (Wildman–Crippen LogP) is 5.68. The molecular formula is C18H35ClO3Si. The Morgan fingerprint density at radius 3 is 2.43 bits per heavy atom. The van der Waals surface area contributed by atoms with Crippen LogP contribution >= 0.6 is 11.6 Å². The first kappa shape index (κ1) is 21.0. The van der Waals surface area contributed by atoms with Crippen LogP contribution in [-0.4, -0.2) is 31.4 Å². The molecule has 1 fully saturated rings. The first-order chi connectivity index (χ1) is 10.5. The smallest absolute Gasteiger partial charge is 0.309 e. The molecular weight excluding hydrogens is 328 g/mol. The number of carbonyl (C=O) groups is 1. The van der Waals surface area contributed by atoms with E-state index in [1.807, 2.05) is 0 Å². The van der Waals surface area contributed by atoms with E-state index >= 15 is 0 Å². The number of carboxylic acids is 1. The van der Waals surface area contributed by atoms with E-state index in [0.717, 1.165) is 32.1 Å². The Bertz CT molecular complexity index is 406. The Hall–Kier alpha value is -0.0631. The molecule has 0 bridgehead atoms. The van der Waals surface area contributed by atoms with Gasteiger partial charge in [0.05, 0.1) is 5.41 Å². The van der Waals surface area contributed by atoms with Gasteiger partial charge in [0.15, 0.2) is 8.32 Å². The van der Waals surface area contributed by atoms with E-state index in [0.29, 0.717) is 12.3 Å². The van der Waals surface area contributed by atoms with Crippen LogP contribution in [0.5, 0.6) is 0 Å². The van der Waals surface area contributed by atoms with Gasteiger partial charge in [-0.3, -0.25) is 4.79 Å². The minimum Gasteiger partial charge on any atom is -0.481 e.